The van der Waals surface area contributed by atoms with E-state index in [1.54, 1.807) is 24.3 Å². The highest BCUT2D eigenvalue weighted by molar-refractivity contribution is 8.18. The lowest BCUT2D eigenvalue weighted by Crippen LogP contribution is -2.10. The summed E-state index contributed by atoms with van der Waals surface area (Å²) >= 11 is 7.23. The average molecular weight is 417 g/mol. The largest absolute Gasteiger partial charge is 0.490 e. The summed E-state index contributed by atoms with van der Waals surface area (Å²) in [5.74, 6) is 1.08. The van der Waals surface area contributed by atoms with E-state index < -0.39 is 0 Å². The van der Waals surface area contributed by atoms with Crippen molar-refractivity contribution in [2.75, 3.05) is 13.2 Å². The van der Waals surface area contributed by atoms with E-state index in [4.69, 9.17) is 26.8 Å². The first kappa shape index (κ1) is 20.3. The lowest BCUT2D eigenvalue weighted by Gasteiger charge is -2.12. The van der Waals surface area contributed by atoms with Crippen molar-refractivity contribution in [2.45, 2.75) is 20.3 Å². The van der Waals surface area contributed by atoms with E-state index in [0.29, 0.717) is 34.5 Å². The minimum atomic E-state index is -0.358. The van der Waals surface area contributed by atoms with Gasteiger partial charge in [-0.1, -0.05) is 24.6 Å². The van der Waals surface area contributed by atoms with E-state index in [1.165, 1.54) is 11.1 Å². The van der Waals surface area contributed by atoms with Gasteiger partial charge < -0.3 is 15.2 Å². The summed E-state index contributed by atoms with van der Waals surface area (Å²) in [6.45, 7) is 4.92. The first-order chi connectivity index (χ1) is 13.4. The Balaban J connectivity index is 1.64. The van der Waals surface area contributed by atoms with Crippen LogP contribution in [0.5, 0.6) is 11.5 Å². The molecule has 0 radical (unpaired) electrons. The van der Waals surface area contributed by atoms with E-state index >= 15 is 0 Å². The van der Waals surface area contributed by atoms with E-state index in [1.807, 2.05) is 12.1 Å². The number of carbonyl (C=O) groups is 1. The Kier molecular flexibility index (Phi) is 6.65. The fraction of sp³-hybridized carbons (Fsp3) is 0.238. The third-order valence-corrected chi connectivity index (χ3v) is 5.07. The Morgan fingerprint density at radius 2 is 1.96 bits per heavy atom. The second kappa shape index (κ2) is 9.17. The second-order valence-electron chi connectivity index (χ2n) is 6.25. The number of amides is 1. The molecule has 2 aromatic rings. The van der Waals surface area contributed by atoms with E-state index in [9.17, 15) is 4.79 Å². The molecule has 0 aromatic heterocycles. The molecule has 0 bridgehead atoms. The van der Waals surface area contributed by atoms with Crippen LogP contribution in [0, 0.1) is 6.92 Å². The van der Waals surface area contributed by atoms with Crippen molar-refractivity contribution < 1.29 is 14.3 Å². The first-order valence-electron chi connectivity index (χ1n) is 8.88. The number of aliphatic imine (C=N–C) groups is 1. The summed E-state index contributed by atoms with van der Waals surface area (Å²) in [7, 11) is 0. The Bertz CT molecular complexity index is 957. The molecule has 2 aromatic carbocycles. The molecule has 0 saturated carbocycles. The summed E-state index contributed by atoms with van der Waals surface area (Å²) in [5, 5.41) is 0.783. The summed E-state index contributed by atoms with van der Waals surface area (Å²) in [6, 6.07) is 11.4. The van der Waals surface area contributed by atoms with Gasteiger partial charge in [-0.3, -0.25) is 4.79 Å². The van der Waals surface area contributed by atoms with Crippen LogP contribution >= 0.6 is 23.4 Å². The van der Waals surface area contributed by atoms with E-state index in [0.717, 1.165) is 23.9 Å². The second-order valence-corrected chi connectivity index (χ2v) is 7.75. The van der Waals surface area contributed by atoms with Crippen LogP contribution in [0.15, 0.2) is 46.3 Å². The molecule has 5 nitrogen and oxygen atoms in total. The number of hydrogen-bond donors (Lipinski definition) is 1. The van der Waals surface area contributed by atoms with Gasteiger partial charge in [0, 0.05) is 10.6 Å². The maximum Gasteiger partial charge on any atom is 0.286 e. The zero-order valence-corrected chi connectivity index (χ0v) is 17.3. The number of benzene rings is 2. The van der Waals surface area contributed by atoms with Gasteiger partial charge in [0.15, 0.2) is 5.17 Å². The van der Waals surface area contributed by atoms with E-state index in [2.05, 4.69) is 24.9 Å². The molecule has 7 heteroatoms. The van der Waals surface area contributed by atoms with Gasteiger partial charge in [0.05, 0.1) is 4.91 Å². The third-order valence-electron chi connectivity index (χ3n) is 4.02. The SMILES string of the molecule is CCc1cc(C)cc(OCCOc2ccc(Cl)cc2C=C2SC(N)=NC2=O)c1. The highest BCUT2D eigenvalue weighted by atomic mass is 35.5. The topological polar surface area (TPSA) is 73.9 Å². The fourth-order valence-corrected chi connectivity index (χ4v) is 3.61. The maximum atomic E-state index is 11.8. The highest BCUT2D eigenvalue weighted by Crippen LogP contribution is 2.31. The molecule has 0 unspecified atom stereocenters. The average Bonchev–Trinajstić information content (AvgIpc) is 2.96. The van der Waals surface area contributed by atoms with Gasteiger partial charge in [-0.15, -0.1) is 0 Å². The minimum Gasteiger partial charge on any atom is -0.490 e. The minimum absolute atomic E-state index is 0.235. The Morgan fingerprint density at radius 1 is 1.18 bits per heavy atom. The first-order valence-corrected chi connectivity index (χ1v) is 10.1. The number of amidine groups is 1. The molecule has 0 fully saturated rings. The summed E-state index contributed by atoms with van der Waals surface area (Å²) < 4.78 is 11.7. The Labute approximate surface area is 173 Å². The maximum absolute atomic E-state index is 11.8. The summed E-state index contributed by atoms with van der Waals surface area (Å²) in [6.07, 6.45) is 2.65. The molecule has 0 saturated heterocycles. The zero-order valence-electron chi connectivity index (χ0n) is 15.7. The van der Waals surface area contributed by atoms with Crippen LogP contribution in [0.25, 0.3) is 6.08 Å². The van der Waals surface area contributed by atoms with Gasteiger partial charge in [0.2, 0.25) is 0 Å². The van der Waals surface area contributed by atoms with Crippen LogP contribution < -0.4 is 15.2 Å². The van der Waals surface area contributed by atoms with Gasteiger partial charge >= 0.3 is 0 Å². The Hall–Kier alpha value is -2.44. The molecule has 0 atom stereocenters. The summed E-state index contributed by atoms with van der Waals surface area (Å²) in [4.78, 5) is 16.0. The van der Waals surface area contributed by atoms with Crippen molar-refractivity contribution in [1.82, 2.24) is 0 Å². The van der Waals surface area contributed by atoms with Crippen LogP contribution in [-0.4, -0.2) is 24.3 Å². The normalized spacial score (nSPS) is 15.0. The number of nitrogens with zero attached hydrogens (tertiary/aromatic N) is 1. The number of nitrogens with two attached hydrogens (primary N) is 1. The number of thioether (sulfide) groups is 1. The molecule has 0 spiro atoms. The highest BCUT2D eigenvalue weighted by Gasteiger charge is 2.20. The number of carbonyl (C=O) groups excluding carboxylic acids is 1. The van der Waals surface area contributed by atoms with Gasteiger partial charge in [0.1, 0.15) is 24.7 Å². The Morgan fingerprint density at radius 3 is 2.68 bits per heavy atom. The molecule has 1 heterocycles. The van der Waals surface area contributed by atoms with Crippen LogP contribution in [0.4, 0.5) is 0 Å². The number of rotatable bonds is 7. The molecule has 1 amide bonds. The third kappa shape index (κ3) is 5.30. The van der Waals surface area contributed by atoms with Crippen LogP contribution in [0.3, 0.4) is 0 Å². The predicted octanol–water partition coefficient (Wildman–Crippen LogP) is 4.60. The number of halogens is 1. The van der Waals surface area contributed by atoms with Gasteiger partial charge in [-0.05, 0) is 72.6 Å². The molecule has 1 aliphatic heterocycles. The van der Waals surface area contributed by atoms with Crippen molar-refractivity contribution >= 4 is 40.5 Å². The molecule has 28 heavy (non-hydrogen) atoms. The van der Waals surface area contributed by atoms with Crippen molar-refractivity contribution in [3.8, 4) is 11.5 Å². The monoisotopic (exact) mass is 416 g/mol. The molecule has 146 valence electrons. The molecule has 3 rings (SSSR count). The van der Waals surface area contributed by atoms with Gasteiger partial charge in [-0.25, -0.2) is 0 Å². The van der Waals surface area contributed by atoms with Crippen LogP contribution in [-0.2, 0) is 11.2 Å². The molecular weight excluding hydrogens is 396 g/mol. The summed E-state index contributed by atoms with van der Waals surface area (Å²) in [5.41, 5.74) is 8.70. The molecule has 2 N–H and O–H groups in total. The molecule has 1 aliphatic rings. The molecular formula is C21H21ClN2O3S. The van der Waals surface area contributed by atoms with E-state index in [-0.39, 0.29) is 11.1 Å². The molecule has 0 aliphatic carbocycles. The van der Waals surface area contributed by atoms with Gasteiger partial charge in [0.25, 0.3) is 5.91 Å². The van der Waals surface area contributed by atoms with Crippen molar-refractivity contribution in [3.05, 3.63) is 63.0 Å². The van der Waals surface area contributed by atoms with Crippen molar-refractivity contribution in [1.29, 1.82) is 0 Å². The standard InChI is InChI=1S/C21H21ClN2O3S/c1-3-14-8-13(2)9-17(10-14)26-6-7-27-18-5-4-16(22)11-15(18)12-19-20(25)24-21(23)28-19/h4-5,8-12H,3,6-7H2,1-2H3,(H2,23,24,25). The number of aryl methyl sites for hydroxylation is 2. The lowest BCUT2D eigenvalue weighted by atomic mass is 10.1. The quantitative estimate of drug-likeness (QED) is 0.527. The lowest BCUT2D eigenvalue weighted by molar-refractivity contribution is -0.113. The number of ether oxygens (including phenoxy) is 2. The fourth-order valence-electron chi connectivity index (χ4n) is 2.75. The van der Waals surface area contributed by atoms with Crippen molar-refractivity contribution in [2.24, 2.45) is 10.7 Å². The number of hydrogen-bond acceptors (Lipinski definition) is 5. The van der Waals surface area contributed by atoms with Gasteiger partial charge in [-0.2, -0.15) is 4.99 Å². The van der Waals surface area contributed by atoms with Crippen LogP contribution in [0.2, 0.25) is 5.02 Å². The van der Waals surface area contributed by atoms with Crippen LogP contribution in [0.1, 0.15) is 23.6 Å². The zero-order chi connectivity index (χ0) is 20.1. The van der Waals surface area contributed by atoms with Crippen molar-refractivity contribution in [3.63, 3.8) is 0 Å². The predicted molar refractivity (Wildman–Crippen MR) is 115 cm³/mol. The smallest absolute Gasteiger partial charge is 0.286 e.